The Bertz CT molecular complexity index is 846. The number of methoxy groups -OCH3 is 1. The number of halogens is 1. The van der Waals surface area contributed by atoms with Crippen molar-refractivity contribution in [3.63, 3.8) is 0 Å². The zero-order chi connectivity index (χ0) is 20.1. The number of ether oxygens (including phenoxy) is 1. The number of nitrogens with zero attached hydrogens (tertiary/aromatic N) is 2. The lowest BCUT2D eigenvalue weighted by Gasteiger charge is -2.37. The second-order valence-electron chi connectivity index (χ2n) is 6.70. The van der Waals surface area contributed by atoms with Crippen LogP contribution in [0, 0.1) is 0 Å². The maximum absolute atomic E-state index is 12.6. The first kappa shape index (κ1) is 20.0. The Morgan fingerprint density at radius 1 is 1.07 bits per heavy atom. The third-order valence-corrected chi connectivity index (χ3v) is 5.13. The largest absolute Gasteiger partial charge is 0.497 e. The highest BCUT2D eigenvalue weighted by molar-refractivity contribution is 6.34. The van der Waals surface area contributed by atoms with Gasteiger partial charge in [-0.15, -0.1) is 0 Å². The summed E-state index contributed by atoms with van der Waals surface area (Å²) in [6.45, 7) is 4.20. The molecule has 3 rings (SSSR count). The van der Waals surface area contributed by atoms with Gasteiger partial charge in [-0.1, -0.05) is 29.8 Å². The van der Waals surface area contributed by atoms with Gasteiger partial charge in [0.25, 0.3) is 0 Å². The molecular formula is C21H24ClN3O3. The number of benzene rings is 2. The van der Waals surface area contributed by atoms with Crippen molar-refractivity contribution >= 4 is 34.8 Å². The number of nitrogens with one attached hydrogen (secondary N) is 1. The van der Waals surface area contributed by atoms with Gasteiger partial charge in [-0.25, -0.2) is 0 Å². The first-order chi connectivity index (χ1) is 13.5. The molecule has 0 saturated carbocycles. The maximum Gasteiger partial charge on any atom is 0.228 e. The molecule has 2 amide bonds. The molecule has 28 heavy (non-hydrogen) atoms. The fourth-order valence-electron chi connectivity index (χ4n) is 3.31. The number of anilines is 2. The summed E-state index contributed by atoms with van der Waals surface area (Å²) in [6, 6.07) is 12.9. The van der Waals surface area contributed by atoms with Gasteiger partial charge in [0.1, 0.15) is 5.75 Å². The molecule has 1 saturated heterocycles. The highest BCUT2D eigenvalue weighted by Gasteiger charge is 2.23. The molecule has 0 aliphatic carbocycles. The lowest BCUT2D eigenvalue weighted by molar-refractivity contribution is -0.129. The van der Waals surface area contributed by atoms with Gasteiger partial charge in [-0.05, 0) is 29.8 Å². The SMILES string of the molecule is COc1ccc(CC(=O)Nc2cccc(Cl)c2N2CCN(C(C)=O)CC2)cc1. The molecule has 2 aromatic rings. The van der Waals surface area contributed by atoms with E-state index in [1.807, 2.05) is 47.4 Å². The van der Waals surface area contributed by atoms with Gasteiger partial charge < -0.3 is 19.9 Å². The van der Waals surface area contributed by atoms with E-state index in [9.17, 15) is 9.59 Å². The van der Waals surface area contributed by atoms with E-state index in [0.717, 1.165) is 17.0 Å². The van der Waals surface area contributed by atoms with E-state index in [4.69, 9.17) is 16.3 Å². The molecule has 1 aliphatic heterocycles. The van der Waals surface area contributed by atoms with Crippen LogP contribution in [-0.2, 0) is 16.0 Å². The summed E-state index contributed by atoms with van der Waals surface area (Å²) in [5, 5.41) is 3.56. The van der Waals surface area contributed by atoms with Crippen LogP contribution < -0.4 is 15.0 Å². The van der Waals surface area contributed by atoms with E-state index in [1.54, 1.807) is 14.0 Å². The molecule has 6 nitrogen and oxygen atoms in total. The summed E-state index contributed by atoms with van der Waals surface area (Å²) in [5.74, 6) is 0.717. The number of carbonyl (C=O) groups is 2. The molecule has 0 bridgehead atoms. The van der Waals surface area contributed by atoms with Crippen LogP contribution in [0.2, 0.25) is 5.02 Å². The van der Waals surface area contributed by atoms with Crippen molar-refractivity contribution in [2.45, 2.75) is 13.3 Å². The Hall–Kier alpha value is -2.73. The second kappa shape index (κ2) is 8.97. The standard InChI is InChI=1S/C21H24ClN3O3/c1-15(26)24-10-12-25(13-11-24)21-18(22)4-3-5-19(21)23-20(27)14-16-6-8-17(28-2)9-7-16/h3-9H,10-14H2,1-2H3,(H,23,27). The first-order valence-corrected chi connectivity index (χ1v) is 9.57. The third-order valence-electron chi connectivity index (χ3n) is 4.83. The number of rotatable bonds is 5. The predicted molar refractivity (Wildman–Crippen MR) is 111 cm³/mol. The topological polar surface area (TPSA) is 61.9 Å². The molecule has 148 valence electrons. The van der Waals surface area contributed by atoms with E-state index in [0.29, 0.717) is 36.9 Å². The summed E-state index contributed by atoms with van der Waals surface area (Å²) in [5.41, 5.74) is 2.38. The highest BCUT2D eigenvalue weighted by Crippen LogP contribution is 2.34. The number of para-hydroxylation sites is 1. The molecule has 2 aromatic carbocycles. The smallest absolute Gasteiger partial charge is 0.228 e. The minimum absolute atomic E-state index is 0.0758. The molecule has 0 radical (unpaired) electrons. The van der Waals surface area contributed by atoms with Crippen molar-refractivity contribution in [3.8, 4) is 5.75 Å². The van der Waals surface area contributed by atoms with Crippen molar-refractivity contribution < 1.29 is 14.3 Å². The van der Waals surface area contributed by atoms with Crippen LogP contribution in [0.3, 0.4) is 0 Å². The lowest BCUT2D eigenvalue weighted by atomic mass is 10.1. The van der Waals surface area contributed by atoms with Crippen LogP contribution in [0.25, 0.3) is 0 Å². The number of hydrogen-bond donors (Lipinski definition) is 1. The minimum atomic E-state index is -0.115. The molecule has 1 aliphatic rings. The number of carbonyl (C=O) groups excluding carboxylic acids is 2. The third kappa shape index (κ3) is 4.75. The van der Waals surface area contributed by atoms with Gasteiger partial charge >= 0.3 is 0 Å². The van der Waals surface area contributed by atoms with Gasteiger partial charge in [0.2, 0.25) is 11.8 Å². The molecule has 0 unspecified atom stereocenters. The minimum Gasteiger partial charge on any atom is -0.497 e. The summed E-state index contributed by atoms with van der Waals surface area (Å²) in [6.07, 6.45) is 0.258. The summed E-state index contributed by atoms with van der Waals surface area (Å²) >= 11 is 6.45. The second-order valence-corrected chi connectivity index (χ2v) is 7.11. The predicted octanol–water partition coefficient (Wildman–Crippen LogP) is 3.20. The first-order valence-electron chi connectivity index (χ1n) is 9.19. The molecular weight excluding hydrogens is 378 g/mol. The summed E-state index contributed by atoms with van der Waals surface area (Å²) in [7, 11) is 1.61. The Morgan fingerprint density at radius 2 is 1.75 bits per heavy atom. The summed E-state index contributed by atoms with van der Waals surface area (Å²) in [4.78, 5) is 28.0. The van der Waals surface area contributed by atoms with Gasteiger partial charge in [-0.2, -0.15) is 0 Å². The quantitative estimate of drug-likeness (QED) is 0.835. The van der Waals surface area contributed by atoms with Gasteiger partial charge in [-0.3, -0.25) is 9.59 Å². The number of piperazine rings is 1. The van der Waals surface area contributed by atoms with E-state index >= 15 is 0 Å². The van der Waals surface area contributed by atoms with Crippen molar-refractivity contribution in [1.29, 1.82) is 0 Å². The van der Waals surface area contributed by atoms with Crippen LogP contribution in [0.1, 0.15) is 12.5 Å². The van der Waals surface area contributed by atoms with E-state index in [2.05, 4.69) is 10.2 Å². The highest BCUT2D eigenvalue weighted by atomic mass is 35.5. The van der Waals surface area contributed by atoms with Gasteiger partial charge in [0.05, 0.1) is 29.9 Å². The maximum atomic E-state index is 12.6. The normalized spacial score (nSPS) is 14.0. The van der Waals surface area contributed by atoms with Crippen molar-refractivity contribution in [2.24, 2.45) is 0 Å². The number of amides is 2. The van der Waals surface area contributed by atoms with Crippen LogP contribution >= 0.6 is 11.6 Å². The van der Waals surface area contributed by atoms with Gasteiger partial charge in [0.15, 0.2) is 0 Å². The fourth-order valence-corrected chi connectivity index (χ4v) is 3.60. The Labute approximate surface area is 170 Å². The monoisotopic (exact) mass is 401 g/mol. The van der Waals surface area contributed by atoms with Crippen LogP contribution in [0.4, 0.5) is 11.4 Å². The van der Waals surface area contributed by atoms with Crippen molar-refractivity contribution in [1.82, 2.24) is 4.90 Å². The average molecular weight is 402 g/mol. The molecule has 0 spiro atoms. The number of hydrogen-bond acceptors (Lipinski definition) is 4. The molecule has 0 atom stereocenters. The van der Waals surface area contributed by atoms with Crippen LogP contribution in [-0.4, -0.2) is 50.0 Å². The molecule has 7 heteroatoms. The van der Waals surface area contributed by atoms with Crippen LogP contribution in [0.5, 0.6) is 5.75 Å². The van der Waals surface area contributed by atoms with Crippen molar-refractivity contribution in [2.75, 3.05) is 43.5 Å². The van der Waals surface area contributed by atoms with Crippen molar-refractivity contribution in [3.05, 3.63) is 53.1 Å². The Morgan fingerprint density at radius 3 is 2.36 bits per heavy atom. The zero-order valence-electron chi connectivity index (χ0n) is 16.1. The van der Waals surface area contributed by atoms with E-state index in [-0.39, 0.29) is 18.2 Å². The molecule has 0 aromatic heterocycles. The van der Waals surface area contributed by atoms with Crippen LogP contribution in [0.15, 0.2) is 42.5 Å². The Kier molecular flexibility index (Phi) is 6.41. The summed E-state index contributed by atoms with van der Waals surface area (Å²) < 4.78 is 5.14. The van der Waals surface area contributed by atoms with E-state index < -0.39 is 0 Å². The van der Waals surface area contributed by atoms with E-state index in [1.165, 1.54) is 0 Å². The zero-order valence-corrected chi connectivity index (χ0v) is 16.8. The molecule has 1 N–H and O–H groups in total. The Balaban J connectivity index is 1.71. The lowest BCUT2D eigenvalue weighted by Crippen LogP contribution is -2.48. The fraction of sp³-hybridized carbons (Fsp3) is 0.333. The van der Waals surface area contributed by atoms with Gasteiger partial charge in [0, 0.05) is 33.1 Å². The molecule has 1 heterocycles. The molecule has 1 fully saturated rings. The average Bonchev–Trinajstić information content (AvgIpc) is 2.69.